The molecule has 55 heavy (non-hydrogen) atoms. The first-order valence-corrected chi connectivity index (χ1v) is 22.5. The number of amides is 1. The van der Waals surface area contributed by atoms with Gasteiger partial charge in [0.25, 0.3) is 5.91 Å². The van der Waals surface area contributed by atoms with Gasteiger partial charge < -0.3 is 19.1 Å². The Hall–Kier alpha value is -2.67. The van der Waals surface area contributed by atoms with Gasteiger partial charge in [-0.3, -0.25) is 14.6 Å². The summed E-state index contributed by atoms with van der Waals surface area (Å²) >= 11 is 6.43. The van der Waals surface area contributed by atoms with E-state index in [1.54, 1.807) is 13.2 Å². The minimum atomic E-state index is -4.06. The van der Waals surface area contributed by atoms with Crippen LogP contribution in [0.1, 0.15) is 86.2 Å². The molecule has 2 aromatic rings. The Bertz CT molecular complexity index is 1790. The zero-order valence-corrected chi connectivity index (χ0v) is 34.6. The predicted octanol–water partition coefficient (Wildman–Crippen LogP) is 6.70. The molecule has 4 heterocycles. The molecular formula is C43H61ClN4O6S. The molecule has 7 rings (SSSR count). The molecule has 10 nitrogen and oxygen atoms in total. The summed E-state index contributed by atoms with van der Waals surface area (Å²) in [6, 6.07) is 11.9. The zero-order valence-electron chi connectivity index (χ0n) is 33.0. The molecular weight excluding hydrogens is 736 g/mol. The van der Waals surface area contributed by atoms with Gasteiger partial charge in [-0.05, 0) is 124 Å². The Labute approximate surface area is 333 Å². The molecule has 5 aliphatic rings. The molecule has 6 atom stereocenters. The van der Waals surface area contributed by atoms with Crippen LogP contribution in [-0.2, 0) is 32.5 Å². The Balaban J connectivity index is 1.27. The molecule has 302 valence electrons. The number of benzene rings is 2. The highest BCUT2D eigenvalue weighted by Crippen LogP contribution is 2.47. The lowest BCUT2D eigenvalue weighted by molar-refractivity contribution is -0.1000. The number of piperazine rings is 1. The van der Waals surface area contributed by atoms with Gasteiger partial charge in [-0.1, -0.05) is 43.2 Å². The molecule has 0 unspecified atom stereocenters. The highest BCUT2D eigenvalue weighted by atomic mass is 35.5. The number of hydrogen-bond donors (Lipinski definition) is 1. The fourth-order valence-electron chi connectivity index (χ4n) is 9.96. The summed E-state index contributed by atoms with van der Waals surface area (Å²) in [5, 5.41) is -0.105. The maximum absolute atomic E-state index is 14.1. The normalized spacial score (nSPS) is 31.3. The number of nitrogens with zero attached hydrogens (tertiary/aromatic N) is 3. The number of halogens is 1. The Morgan fingerprint density at radius 1 is 0.964 bits per heavy atom. The summed E-state index contributed by atoms with van der Waals surface area (Å²) in [6.07, 6.45) is 14.1. The van der Waals surface area contributed by atoms with Crippen molar-refractivity contribution in [3.8, 4) is 5.75 Å². The highest BCUT2D eigenvalue weighted by molar-refractivity contribution is 7.90. The molecule has 2 saturated heterocycles. The average Bonchev–Trinajstić information content (AvgIpc) is 3.19. The molecule has 1 amide bonds. The third-order valence-corrected chi connectivity index (χ3v) is 15.5. The molecule has 3 fully saturated rings. The van der Waals surface area contributed by atoms with Gasteiger partial charge in [-0.15, -0.1) is 0 Å². The number of carbonyl (C=O) groups is 1. The van der Waals surface area contributed by atoms with Crippen LogP contribution < -0.4 is 14.4 Å². The van der Waals surface area contributed by atoms with Crippen LogP contribution in [0.4, 0.5) is 5.69 Å². The molecule has 12 heteroatoms. The molecule has 4 aliphatic heterocycles. The van der Waals surface area contributed by atoms with Crippen LogP contribution >= 0.6 is 11.6 Å². The summed E-state index contributed by atoms with van der Waals surface area (Å²) in [5.41, 5.74) is 2.86. The van der Waals surface area contributed by atoms with Crippen molar-refractivity contribution < 1.29 is 27.4 Å². The number of anilines is 1. The third kappa shape index (κ3) is 9.23. The number of allylic oxidation sites excluding steroid dienone is 1. The van der Waals surface area contributed by atoms with Crippen molar-refractivity contribution in [2.24, 2.45) is 17.8 Å². The third-order valence-electron chi connectivity index (χ3n) is 13.3. The van der Waals surface area contributed by atoms with E-state index in [-0.39, 0.29) is 24.9 Å². The largest absolute Gasteiger partial charge is 0.487 e. The van der Waals surface area contributed by atoms with Crippen molar-refractivity contribution >= 4 is 33.2 Å². The van der Waals surface area contributed by atoms with Crippen LogP contribution in [0.25, 0.3) is 0 Å². The summed E-state index contributed by atoms with van der Waals surface area (Å²) in [5.74, 6) is 0.402. The van der Waals surface area contributed by atoms with Gasteiger partial charge in [0.1, 0.15) is 18.0 Å². The van der Waals surface area contributed by atoms with Crippen LogP contribution in [-0.4, -0.2) is 108 Å². The van der Waals surface area contributed by atoms with Crippen molar-refractivity contribution in [3.05, 3.63) is 70.3 Å². The minimum absolute atomic E-state index is 0.267. The van der Waals surface area contributed by atoms with Gasteiger partial charge in [0.2, 0.25) is 10.0 Å². The van der Waals surface area contributed by atoms with Gasteiger partial charge in [0, 0.05) is 76.7 Å². The molecule has 1 N–H and O–H groups in total. The van der Waals surface area contributed by atoms with Crippen LogP contribution in [0.2, 0.25) is 5.02 Å². The van der Waals surface area contributed by atoms with E-state index in [2.05, 4.69) is 31.6 Å². The van der Waals surface area contributed by atoms with Gasteiger partial charge in [-0.2, -0.15) is 0 Å². The topological polar surface area (TPSA) is 101 Å². The average molecular weight is 798 g/mol. The fraction of sp³-hybridized carbons (Fsp3) is 0.651. The zero-order chi connectivity index (χ0) is 38.6. The molecule has 2 bridgehead atoms. The number of methoxy groups -OCH3 is 2. The summed E-state index contributed by atoms with van der Waals surface area (Å²) < 4.78 is 49.3. The van der Waals surface area contributed by atoms with E-state index in [0.717, 1.165) is 87.6 Å². The van der Waals surface area contributed by atoms with E-state index in [1.807, 2.05) is 44.4 Å². The number of aryl methyl sites for hydroxylation is 1. The lowest BCUT2D eigenvalue weighted by atomic mass is 9.63. The predicted molar refractivity (Wildman–Crippen MR) is 219 cm³/mol. The Morgan fingerprint density at radius 3 is 2.62 bits per heavy atom. The SMILES string of the molecule is COCC[C@@H]1[C@@H](C)C/C=C/[C@](CN2CCN3CCCC[C@@H]3C2)(OC)[C@@H]2CC[C@H]2CN2CCCCc3cc(Cl)ccc3COc3ccc(cc32)C(=O)NS1(=O)=O. The van der Waals surface area contributed by atoms with Crippen molar-refractivity contribution in [3.63, 3.8) is 0 Å². The monoisotopic (exact) mass is 796 g/mol. The summed E-state index contributed by atoms with van der Waals surface area (Å²) in [4.78, 5) is 21.6. The second-order valence-electron chi connectivity index (χ2n) is 16.7. The van der Waals surface area contributed by atoms with Crippen LogP contribution in [0.15, 0.2) is 48.6 Å². The maximum Gasteiger partial charge on any atom is 0.264 e. The van der Waals surface area contributed by atoms with E-state index in [4.69, 9.17) is 25.8 Å². The van der Waals surface area contributed by atoms with Gasteiger partial charge >= 0.3 is 0 Å². The number of sulfonamides is 1. The van der Waals surface area contributed by atoms with Crippen LogP contribution in [0, 0.1) is 17.8 Å². The van der Waals surface area contributed by atoms with E-state index < -0.39 is 26.8 Å². The van der Waals surface area contributed by atoms with E-state index in [0.29, 0.717) is 36.3 Å². The summed E-state index contributed by atoms with van der Waals surface area (Å²) in [6.45, 7) is 9.33. The molecule has 1 saturated carbocycles. The van der Waals surface area contributed by atoms with Crippen molar-refractivity contribution in [2.45, 2.75) is 94.6 Å². The maximum atomic E-state index is 14.1. The first kappa shape index (κ1) is 40.5. The van der Waals surface area contributed by atoms with Gasteiger partial charge in [-0.25, -0.2) is 13.1 Å². The smallest absolute Gasteiger partial charge is 0.264 e. The van der Waals surface area contributed by atoms with E-state index in [1.165, 1.54) is 31.4 Å². The second-order valence-corrected chi connectivity index (χ2v) is 19.1. The van der Waals surface area contributed by atoms with Crippen molar-refractivity contribution in [1.82, 2.24) is 14.5 Å². The number of fused-ring (bicyclic) bond motifs is 4. The second kappa shape index (κ2) is 17.9. The van der Waals surface area contributed by atoms with E-state index >= 15 is 0 Å². The lowest BCUT2D eigenvalue weighted by Gasteiger charge is -2.53. The lowest BCUT2D eigenvalue weighted by Crippen LogP contribution is -2.61. The molecule has 1 aliphatic carbocycles. The summed E-state index contributed by atoms with van der Waals surface area (Å²) in [7, 11) is -0.617. The van der Waals surface area contributed by atoms with Gasteiger partial charge in [0.15, 0.2) is 0 Å². The fourth-order valence-corrected chi connectivity index (χ4v) is 11.8. The molecule has 2 aromatic carbocycles. The van der Waals surface area contributed by atoms with Crippen LogP contribution in [0.3, 0.4) is 0 Å². The number of piperidine rings is 1. The quantitative estimate of drug-likeness (QED) is 0.320. The molecule has 0 aromatic heterocycles. The van der Waals surface area contributed by atoms with Gasteiger partial charge in [0.05, 0.1) is 10.9 Å². The number of carbonyl (C=O) groups excluding carboxylic acids is 1. The number of ether oxygens (including phenoxy) is 3. The number of hydrogen-bond acceptors (Lipinski definition) is 9. The standard InChI is InChI=1S/C43H61ClN4O6S/c1-31-9-8-19-43(53-3,30-46-22-23-47-20-7-5-11-37(47)28-46)38-16-13-34(38)27-48-21-6-4-10-32-25-36(44)15-12-35(32)29-54-40-17-14-33(26-39(40)48)42(49)45-55(50,51)41(31)18-24-52-2/h8,12,14-15,17,19,25-26,31,34,37-38,41H,4-7,9-11,13,16,18,20-24,27-30H2,1-3H3,(H,45,49)/b19-8+/t31-,34-,37+,38+,41+,43+/m0/s1. The first-order valence-electron chi connectivity index (χ1n) is 20.6. The first-order chi connectivity index (χ1) is 26.6. The van der Waals surface area contributed by atoms with Crippen LogP contribution in [0.5, 0.6) is 5.75 Å². The highest BCUT2D eigenvalue weighted by Gasteiger charge is 2.49. The molecule has 0 spiro atoms. The van der Waals surface area contributed by atoms with E-state index in [9.17, 15) is 13.2 Å². The Kier molecular flexibility index (Phi) is 13.2. The Morgan fingerprint density at radius 2 is 1.82 bits per heavy atom. The molecule has 0 radical (unpaired) electrons. The number of rotatable bonds is 6. The minimum Gasteiger partial charge on any atom is -0.487 e. The number of nitrogens with one attached hydrogen (secondary N) is 1. The van der Waals surface area contributed by atoms with Crippen molar-refractivity contribution in [1.29, 1.82) is 0 Å². The van der Waals surface area contributed by atoms with Crippen molar-refractivity contribution in [2.75, 3.05) is 71.5 Å².